The summed E-state index contributed by atoms with van der Waals surface area (Å²) in [7, 11) is 0. The van der Waals surface area contributed by atoms with Gasteiger partial charge in [0, 0.05) is 30.1 Å². The van der Waals surface area contributed by atoms with Gasteiger partial charge in [-0.25, -0.2) is 4.79 Å². The van der Waals surface area contributed by atoms with Crippen LogP contribution in [0.15, 0.2) is 65.5 Å². The molecule has 1 aromatic heterocycles. The van der Waals surface area contributed by atoms with E-state index >= 15 is 0 Å². The number of hydrogen-bond acceptors (Lipinski definition) is 3. The number of pyridine rings is 1. The van der Waals surface area contributed by atoms with Gasteiger partial charge in [-0.3, -0.25) is 4.79 Å². The van der Waals surface area contributed by atoms with Crippen molar-refractivity contribution in [3.05, 3.63) is 82.1 Å². The summed E-state index contributed by atoms with van der Waals surface area (Å²) in [5.41, 5.74) is 2.05. The number of rotatable bonds is 5. The van der Waals surface area contributed by atoms with E-state index in [2.05, 4.69) is 4.98 Å². The first-order chi connectivity index (χ1) is 13.3. The third kappa shape index (κ3) is 5.22. The minimum atomic E-state index is -0.567. The number of fused-ring (bicyclic) bond motifs is 1. The number of H-pyrrole nitrogens is 1. The first-order valence-corrected chi connectivity index (χ1v) is 9.45. The minimum absolute atomic E-state index is 0.138. The number of ether oxygens (including phenoxy) is 1. The lowest BCUT2D eigenvalue weighted by Crippen LogP contribution is -2.37. The van der Waals surface area contributed by atoms with E-state index in [0.717, 1.165) is 22.0 Å². The standard InChI is InChI=1S/C23H26N2O3/c1-23(2,3)28-22(27)25(16-17-9-5-4-6-10-17)14-13-18-15-21(26)24-20-12-8-7-11-19(18)20/h4-12,15H,13-14,16H2,1-3H3,(H,24,26). The average molecular weight is 378 g/mol. The highest BCUT2D eigenvalue weighted by molar-refractivity contribution is 5.81. The molecule has 0 aliphatic rings. The lowest BCUT2D eigenvalue weighted by molar-refractivity contribution is 0.0236. The van der Waals surface area contributed by atoms with E-state index in [1.807, 2.05) is 75.4 Å². The maximum Gasteiger partial charge on any atom is 0.410 e. The molecular weight excluding hydrogens is 352 g/mol. The molecule has 0 unspecified atom stereocenters. The smallest absolute Gasteiger partial charge is 0.410 e. The first kappa shape index (κ1) is 19.7. The van der Waals surface area contributed by atoms with Crippen molar-refractivity contribution in [2.45, 2.75) is 39.3 Å². The summed E-state index contributed by atoms with van der Waals surface area (Å²) in [4.78, 5) is 29.3. The fraction of sp³-hybridized carbons (Fsp3) is 0.304. The Morgan fingerprint density at radius 2 is 1.71 bits per heavy atom. The van der Waals surface area contributed by atoms with Gasteiger partial charge < -0.3 is 14.6 Å². The van der Waals surface area contributed by atoms with Crippen LogP contribution in [0.25, 0.3) is 10.9 Å². The lowest BCUT2D eigenvalue weighted by Gasteiger charge is -2.27. The van der Waals surface area contributed by atoms with Gasteiger partial charge in [0.25, 0.3) is 0 Å². The molecule has 1 heterocycles. The zero-order valence-corrected chi connectivity index (χ0v) is 16.6. The normalized spacial score (nSPS) is 11.4. The lowest BCUT2D eigenvalue weighted by atomic mass is 10.1. The summed E-state index contributed by atoms with van der Waals surface area (Å²) in [5, 5.41) is 0.992. The largest absolute Gasteiger partial charge is 0.444 e. The fourth-order valence-electron chi connectivity index (χ4n) is 3.10. The third-order valence-electron chi connectivity index (χ3n) is 4.36. The van der Waals surface area contributed by atoms with E-state index in [9.17, 15) is 9.59 Å². The van der Waals surface area contributed by atoms with Crippen molar-refractivity contribution >= 4 is 17.0 Å². The van der Waals surface area contributed by atoms with Gasteiger partial charge in [-0.05, 0) is 44.4 Å². The summed E-state index contributed by atoms with van der Waals surface area (Å²) >= 11 is 0. The molecular formula is C23H26N2O3. The maximum atomic E-state index is 12.8. The number of carbonyl (C=O) groups excluding carboxylic acids is 1. The van der Waals surface area contributed by atoms with E-state index in [4.69, 9.17) is 4.74 Å². The van der Waals surface area contributed by atoms with Crippen LogP contribution in [0.2, 0.25) is 0 Å². The molecule has 0 aliphatic heterocycles. The molecule has 0 atom stereocenters. The molecule has 5 heteroatoms. The van der Waals surface area contributed by atoms with Crippen LogP contribution in [-0.2, 0) is 17.7 Å². The number of nitrogens with zero attached hydrogens (tertiary/aromatic N) is 1. The molecule has 0 bridgehead atoms. The molecule has 0 radical (unpaired) electrons. The number of aromatic amines is 1. The number of amides is 1. The van der Waals surface area contributed by atoms with Crippen LogP contribution >= 0.6 is 0 Å². The van der Waals surface area contributed by atoms with Gasteiger partial charge in [-0.1, -0.05) is 48.5 Å². The molecule has 2 aromatic carbocycles. The highest BCUT2D eigenvalue weighted by Crippen LogP contribution is 2.17. The second-order valence-corrected chi connectivity index (χ2v) is 7.84. The Bertz CT molecular complexity index is 1000. The maximum absolute atomic E-state index is 12.8. The zero-order valence-electron chi connectivity index (χ0n) is 16.6. The van der Waals surface area contributed by atoms with Crippen LogP contribution in [0, 0.1) is 0 Å². The SMILES string of the molecule is CC(C)(C)OC(=O)N(CCc1cc(=O)[nH]c2ccccc12)Cc1ccccc1. The summed E-state index contributed by atoms with van der Waals surface area (Å²) in [6.07, 6.45) is 0.210. The third-order valence-corrected chi connectivity index (χ3v) is 4.36. The molecule has 3 aromatic rings. The van der Waals surface area contributed by atoms with Crippen molar-refractivity contribution in [3.63, 3.8) is 0 Å². The second kappa shape index (κ2) is 8.30. The number of nitrogens with one attached hydrogen (secondary N) is 1. The van der Waals surface area contributed by atoms with Gasteiger partial charge in [0.2, 0.25) is 5.56 Å². The van der Waals surface area contributed by atoms with Crippen molar-refractivity contribution in [1.82, 2.24) is 9.88 Å². The predicted octanol–water partition coefficient (Wildman–Crippen LogP) is 4.51. The molecule has 0 saturated carbocycles. The van der Waals surface area contributed by atoms with Crippen LogP contribution in [0.1, 0.15) is 31.9 Å². The molecule has 0 fully saturated rings. The van der Waals surface area contributed by atoms with Crippen molar-refractivity contribution in [1.29, 1.82) is 0 Å². The van der Waals surface area contributed by atoms with Crippen molar-refractivity contribution in [3.8, 4) is 0 Å². The Balaban J connectivity index is 1.83. The number of aromatic nitrogens is 1. The quantitative estimate of drug-likeness (QED) is 0.711. The van der Waals surface area contributed by atoms with Gasteiger partial charge >= 0.3 is 6.09 Å². The molecule has 28 heavy (non-hydrogen) atoms. The van der Waals surface area contributed by atoms with E-state index in [0.29, 0.717) is 19.5 Å². The molecule has 0 saturated heterocycles. The molecule has 3 rings (SSSR count). The van der Waals surface area contributed by atoms with Gasteiger partial charge in [0.05, 0.1) is 0 Å². The second-order valence-electron chi connectivity index (χ2n) is 7.84. The van der Waals surface area contributed by atoms with E-state index in [1.165, 1.54) is 0 Å². The average Bonchev–Trinajstić information content (AvgIpc) is 2.64. The summed E-state index contributed by atoms with van der Waals surface area (Å²) in [6.45, 7) is 6.48. The van der Waals surface area contributed by atoms with Crippen LogP contribution in [0.3, 0.4) is 0 Å². The first-order valence-electron chi connectivity index (χ1n) is 9.45. The molecule has 0 aliphatic carbocycles. The van der Waals surface area contributed by atoms with Crippen molar-refractivity contribution in [2.24, 2.45) is 0 Å². The molecule has 146 valence electrons. The van der Waals surface area contributed by atoms with E-state index in [1.54, 1.807) is 11.0 Å². The van der Waals surface area contributed by atoms with E-state index in [-0.39, 0.29) is 11.7 Å². The van der Waals surface area contributed by atoms with Gasteiger partial charge in [0.15, 0.2) is 0 Å². The summed E-state index contributed by atoms with van der Waals surface area (Å²) in [6, 6.07) is 19.1. The number of benzene rings is 2. The van der Waals surface area contributed by atoms with Crippen LogP contribution in [0.4, 0.5) is 4.79 Å². The van der Waals surface area contributed by atoms with Crippen LogP contribution < -0.4 is 5.56 Å². The Hall–Kier alpha value is -3.08. The molecule has 0 spiro atoms. The van der Waals surface area contributed by atoms with Crippen LogP contribution in [0.5, 0.6) is 0 Å². The van der Waals surface area contributed by atoms with Gasteiger partial charge in [0.1, 0.15) is 5.60 Å². The highest BCUT2D eigenvalue weighted by Gasteiger charge is 2.22. The zero-order chi connectivity index (χ0) is 20.1. The minimum Gasteiger partial charge on any atom is -0.444 e. The predicted molar refractivity (Wildman–Crippen MR) is 111 cm³/mol. The number of para-hydroxylation sites is 1. The summed E-state index contributed by atoms with van der Waals surface area (Å²) in [5.74, 6) is 0. The van der Waals surface area contributed by atoms with E-state index < -0.39 is 5.60 Å². The molecule has 1 N–H and O–H groups in total. The Kier molecular flexibility index (Phi) is 5.83. The monoisotopic (exact) mass is 378 g/mol. The van der Waals surface area contributed by atoms with Crippen LogP contribution in [-0.4, -0.2) is 28.1 Å². The fourth-order valence-corrected chi connectivity index (χ4v) is 3.10. The topological polar surface area (TPSA) is 62.4 Å². The molecule has 1 amide bonds. The number of hydrogen-bond donors (Lipinski definition) is 1. The Morgan fingerprint density at radius 3 is 2.43 bits per heavy atom. The Morgan fingerprint density at radius 1 is 1.04 bits per heavy atom. The highest BCUT2D eigenvalue weighted by atomic mass is 16.6. The Labute approximate surface area is 165 Å². The van der Waals surface area contributed by atoms with Gasteiger partial charge in [-0.2, -0.15) is 0 Å². The number of carbonyl (C=O) groups is 1. The van der Waals surface area contributed by atoms with Crippen molar-refractivity contribution in [2.75, 3.05) is 6.54 Å². The van der Waals surface area contributed by atoms with Crippen molar-refractivity contribution < 1.29 is 9.53 Å². The molecule has 5 nitrogen and oxygen atoms in total. The summed E-state index contributed by atoms with van der Waals surface area (Å²) < 4.78 is 5.59. The van der Waals surface area contributed by atoms with Gasteiger partial charge in [-0.15, -0.1) is 0 Å².